The number of hydrogen-bond acceptors (Lipinski definition) is 6. The fourth-order valence-electron chi connectivity index (χ4n) is 3.86. The van der Waals surface area contributed by atoms with E-state index in [2.05, 4.69) is 0 Å². The number of nitrogens with zero attached hydrogens (tertiary/aromatic N) is 3. The molecular weight excluding hydrogens is 450 g/mol. The highest BCUT2D eigenvalue weighted by Gasteiger charge is 2.31. The number of sulfonamides is 1. The number of rotatable bonds is 5. The van der Waals surface area contributed by atoms with E-state index in [1.54, 1.807) is 59.0 Å². The number of hydrogen-bond donors (Lipinski definition) is 0. The summed E-state index contributed by atoms with van der Waals surface area (Å²) in [5.74, 6) is 0.536. The summed E-state index contributed by atoms with van der Waals surface area (Å²) >= 11 is 1.05. The van der Waals surface area contributed by atoms with Crippen LogP contribution in [-0.4, -0.2) is 61.4 Å². The van der Waals surface area contributed by atoms with Gasteiger partial charge in [-0.25, -0.2) is 8.42 Å². The van der Waals surface area contributed by atoms with Crippen LogP contribution in [0.3, 0.4) is 0 Å². The van der Waals surface area contributed by atoms with Gasteiger partial charge in [-0.3, -0.25) is 14.2 Å². The third kappa shape index (κ3) is 4.05. The first kappa shape index (κ1) is 22.5. The molecule has 0 atom stereocenters. The molecule has 2 heterocycles. The second-order valence-corrected chi connectivity index (χ2v) is 10.8. The Morgan fingerprint density at radius 3 is 2.28 bits per heavy atom. The summed E-state index contributed by atoms with van der Waals surface area (Å²) in [6.07, 6.45) is 0. The van der Waals surface area contributed by atoms with Gasteiger partial charge in [0.05, 0.1) is 22.2 Å². The highest BCUT2D eigenvalue weighted by atomic mass is 32.2. The quantitative estimate of drug-likeness (QED) is 0.566. The molecule has 3 aromatic rings. The molecule has 0 N–H and O–H groups in total. The Balaban J connectivity index is 1.50. The van der Waals surface area contributed by atoms with Crippen LogP contribution >= 0.6 is 11.3 Å². The number of aromatic nitrogens is 1. The number of piperazine rings is 1. The lowest BCUT2D eigenvalue weighted by Crippen LogP contribution is -2.50. The third-order valence-corrected chi connectivity index (χ3v) is 8.41. The Kier molecular flexibility index (Phi) is 6.11. The molecule has 32 heavy (non-hydrogen) atoms. The molecule has 0 radical (unpaired) electrons. The Hall–Kier alpha value is -2.69. The minimum absolute atomic E-state index is 0.00461. The maximum atomic E-state index is 13.2. The zero-order valence-corrected chi connectivity index (χ0v) is 19.8. The summed E-state index contributed by atoms with van der Waals surface area (Å²) in [4.78, 5) is 26.7. The van der Waals surface area contributed by atoms with Gasteiger partial charge in [-0.15, -0.1) is 0 Å². The molecule has 1 amide bonds. The molecule has 1 aromatic heterocycles. The minimum Gasteiger partial charge on any atom is -0.497 e. The van der Waals surface area contributed by atoms with Crippen LogP contribution in [0.4, 0.5) is 0 Å². The number of carbonyl (C=O) groups is 1. The number of benzene rings is 2. The maximum absolute atomic E-state index is 13.2. The van der Waals surface area contributed by atoms with Crippen molar-refractivity contribution in [3.8, 4) is 5.75 Å². The van der Waals surface area contributed by atoms with Crippen molar-refractivity contribution in [2.45, 2.75) is 24.8 Å². The molecule has 1 aliphatic rings. The molecule has 0 bridgehead atoms. The molecule has 170 valence electrons. The van der Waals surface area contributed by atoms with Gasteiger partial charge >= 0.3 is 4.87 Å². The fourth-order valence-corrected chi connectivity index (χ4v) is 6.44. The maximum Gasteiger partial charge on any atom is 0.308 e. The van der Waals surface area contributed by atoms with Gasteiger partial charge in [-0.05, 0) is 56.3 Å². The first-order chi connectivity index (χ1) is 15.2. The summed E-state index contributed by atoms with van der Waals surface area (Å²) in [7, 11) is -2.16. The number of fused-ring (bicyclic) bond motifs is 1. The summed E-state index contributed by atoms with van der Waals surface area (Å²) < 4.78 is 35.2. The third-order valence-electron chi connectivity index (χ3n) is 5.60. The molecule has 4 rings (SSSR count). The fraction of sp³-hybridized carbons (Fsp3) is 0.364. The normalized spacial score (nSPS) is 15.4. The summed E-state index contributed by atoms with van der Waals surface area (Å²) in [5, 5.41) is 0. The van der Waals surface area contributed by atoms with Crippen molar-refractivity contribution in [3.63, 3.8) is 0 Å². The van der Waals surface area contributed by atoms with E-state index in [4.69, 9.17) is 4.74 Å². The molecule has 1 fully saturated rings. The summed E-state index contributed by atoms with van der Waals surface area (Å²) in [5.41, 5.74) is 1.28. The minimum atomic E-state index is -3.73. The lowest BCUT2D eigenvalue weighted by molar-refractivity contribution is 0.0698. The average Bonchev–Trinajstić information content (AvgIpc) is 3.13. The van der Waals surface area contributed by atoms with Crippen LogP contribution in [0.5, 0.6) is 5.75 Å². The van der Waals surface area contributed by atoms with Crippen molar-refractivity contribution in [1.29, 1.82) is 0 Å². The number of thiazole rings is 1. The van der Waals surface area contributed by atoms with Gasteiger partial charge in [-0.2, -0.15) is 4.31 Å². The van der Waals surface area contributed by atoms with Gasteiger partial charge in [0.2, 0.25) is 10.0 Å². The van der Waals surface area contributed by atoms with E-state index in [-0.39, 0.29) is 34.8 Å². The standard InChI is InChI=1S/C22H25N3O5S2/c1-15(2)25-19-9-8-18(14-20(19)31-22(25)27)32(28,29)24-12-10-23(11-13-24)21(26)16-4-6-17(30-3)7-5-16/h4-9,14-15H,10-13H2,1-3H3. The van der Waals surface area contributed by atoms with Crippen molar-refractivity contribution in [3.05, 3.63) is 57.7 Å². The van der Waals surface area contributed by atoms with Crippen LogP contribution in [0, 0.1) is 0 Å². The predicted octanol–water partition coefficient (Wildman–Crippen LogP) is 2.80. The molecule has 0 unspecified atom stereocenters. The van der Waals surface area contributed by atoms with Crippen molar-refractivity contribution in [1.82, 2.24) is 13.8 Å². The molecule has 2 aromatic carbocycles. The second kappa shape index (κ2) is 8.68. The number of methoxy groups -OCH3 is 1. The van der Waals surface area contributed by atoms with Crippen LogP contribution < -0.4 is 9.61 Å². The first-order valence-corrected chi connectivity index (χ1v) is 12.6. The van der Waals surface area contributed by atoms with E-state index in [1.807, 2.05) is 13.8 Å². The lowest BCUT2D eigenvalue weighted by atomic mass is 10.2. The molecular formula is C22H25N3O5S2. The van der Waals surface area contributed by atoms with Crippen LogP contribution in [0.15, 0.2) is 52.2 Å². The van der Waals surface area contributed by atoms with E-state index in [0.717, 1.165) is 16.9 Å². The Morgan fingerprint density at radius 1 is 1.03 bits per heavy atom. The highest BCUT2D eigenvalue weighted by molar-refractivity contribution is 7.89. The van der Waals surface area contributed by atoms with Gasteiger partial charge < -0.3 is 9.64 Å². The molecule has 0 saturated carbocycles. The highest BCUT2D eigenvalue weighted by Crippen LogP contribution is 2.26. The van der Waals surface area contributed by atoms with E-state index in [1.165, 1.54) is 4.31 Å². The average molecular weight is 476 g/mol. The molecule has 1 aliphatic heterocycles. The Morgan fingerprint density at radius 2 is 1.69 bits per heavy atom. The van der Waals surface area contributed by atoms with Gasteiger partial charge in [0.25, 0.3) is 5.91 Å². The zero-order chi connectivity index (χ0) is 23.0. The molecule has 0 spiro atoms. The van der Waals surface area contributed by atoms with E-state index < -0.39 is 10.0 Å². The topological polar surface area (TPSA) is 88.9 Å². The molecule has 8 nitrogen and oxygen atoms in total. The monoisotopic (exact) mass is 475 g/mol. The summed E-state index contributed by atoms with van der Waals surface area (Å²) in [6, 6.07) is 11.7. The van der Waals surface area contributed by atoms with E-state index >= 15 is 0 Å². The van der Waals surface area contributed by atoms with Gasteiger partial charge in [0.1, 0.15) is 5.75 Å². The lowest BCUT2D eigenvalue weighted by Gasteiger charge is -2.34. The van der Waals surface area contributed by atoms with Gasteiger partial charge in [0, 0.05) is 37.8 Å². The predicted molar refractivity (Wildman–Crippen MR) is 124 cm³/mol. The zero-order valence-electron chi connectivity index (χ0n) is 18.1. The van der Waals surface area contributed by atoms with Crippen molar-refractivity contribution >= 4 is 37.5 Å². The molecule has 0 aliphatic carbocycles. The number of carbonyl (C=O) groups excluding carboxylic acids is 1. The second-order valence-electron chi connectivity index (χ2n) is 7.89. The van der Waals surface area contributed by atoms with Crippen LogP contribution in [0.25, 0.3) is 10.2 Å². The van der Waals surface area contributed by atoms with Gasteiger partial charge in [0.15, 0.2) is 0 Å². The van der Waals surface area contributed by atoms with E-state index in [0.29, 0.717) is 29.1 Å². The van der Waals surface area contributed by atoms with Gasteiger partial charge in [-0.1, -0.05) is 11.3 Å². The van der Waals surface area contributed by atoms with Crippen molar-refractivity contribution in [2.75, 3.05) is 33.3 Å². The Labute approximate surface area is 190 Å². The summed E-state index contributed by atoms with van der Waals surface area (Å²) in [6.45, 7) is 4.89. The van der Waals surface area contributed by atoms with Crippen molar-refractivity contribution in [2.24, 2.45) is 0 Å². The van der Waals surface area contributed by atoms with Crippen LogP contribution in [0.2, 0.25) is 0 Å². The van der Waals surface area contributed by atoms with Crippen LogP contribution in [0.1, 0.15) is 30.2 Å². The Bertz CT molecular complexity index is 1300. The van der Waals surface area contributed by atoms with Crippen LogP contribution in [-0.2, 0) is 10.0 Å². The SMILES string of the molecule is COc1ccc(C(=O)N2CCN(S(=O)(=O)c3ccc4c(c3)sc(=O)n4C(C)C)CC2)cc1. The number of amides is 1. The molecule has 10 heteroatoms. The first-order valence-electron chi connectivity index (χ1n) is 10.3. The number of ether oxygens (including phenoxy) is 1. The largest absolute Gasteiger partial charge is 0.497 e. The van der Waals surface area contributed by atoms with Crippen molar-refractivity contribution < 1.29 is 17.9 Å². The van der Waals surface area contributed by atoms with E-state index in [9.17, 15) is 18.0 Å². The molecule has 1 saturated heterocycles. The smallest absolute Gasteiger partial charge is 0.308 e.